The first-order valence-corrected chi connectivity index (χ1v) is 29.0. The Labute approximate surface area is 460 Å². The Morgan fingerprint density at radius 2 is 1.72 bits per heavy atom. The molecule has 78 heavy (non-hydrogen) atoms. The van der Waals surface area contributed by atoms with E-state index in [1.807, 2.05) is 30.3 Å². The lowest BCUT2D eigenvalue weighted by atomic mass is 9.54. The van der Waals surface area contributed by atoms with Crippen LogP contribution in [-0.4, -0.2) is 82.0 Å². The van der Waals surface area contributed by atoms with E-state index in [-0.39, 0.29) is 53.9 Å². The number of hydrogen-bond donors (Lipinski definition) is 8. The Hall–Kier alpha value is -6.42. The number of methoxy groups -OCH3 is 1. The van der Waals surface area contributed by atoms with Gasteiger partial charge in [0, 0.05) is 60.9 Å². The molecule has 408 valence electrons. The van der Waals surface area contributed by atoms with Gasteiger partial charge in [-0.15, -0.1) is 0 Å². The van der Waals surface area contributed by atoms with Crippen LogP contribution < -0.4 is 20.7 Å². The molecule has 4 aromatic carbocycles. The van der Waals surface area contributed by atoms with Crippen LogP contribution in [0.4, 0.5) is 5.69 Å². The van der Waals surface area contributed by atoms with Crippen LogP contribution in [0.1, 0.15) is 135 Å². The van der Waals surface area contributed by atoms with Crippen molar-refractivity contribution in [2.45, 2.75) is 133 Å². The molecule has 2 aliphatic heterocycles. The van der Waals surface area contributed by atoms with Gasteiger partial charge in [0.15, 0.2) is 29.2 Å². The first-order valence-electron chi connectivity index (χ1n) is 29.0. The number of allylic oxidation sites excluding steroid dienone is 3. The minimum absolute atomic E-state index is 0.0212. The maximum atomic E-state index is 15.3. The number of aliphatic hydroxyl groups excluding tert-OH is 3. The van der Waals surface area contributed by atoms with E-state index in [1.54, 1.807) is 12.1 Å². The standard InChI is InChI=1S/C67H78N4O7/c1-4-10-54-49-30-43(29-46-17-21-53(45-11-6-5-7-12-45)56-36-60(74)61(78-3)35-47(56)18-23-59(73)64(76)63(75)57(46)34-49)27-42-24-26-69-62(32-42)71-51-20-16-44-15-14-41(28-48(44)33-51)31-52(72)38-68-37-40(2)58-39-70-65-55(58)22-19-50-13-8-9-25-67(50,65)66(54)77/h5-7,11-12,14-16,19-20,22,24,28,32-33,35-36,39-40,43,46,49-50,52-54,57,64,66,68-72,74,76-77H,4,8-10,13,18,23,25-27,29-31,34,37-38H2,1-3H3. The number of dihydropyridines is 1. The number of aryl methyl sites for hydroxylation is 1. The Morgan fingerprint density at radius 3 is 2.55 bits per heavy atom. The number of H-pyrrole nitrogens is 1. The molecule has 8 N–H and O–H groups in total. The number of aromatic amines is 1. The van der Waals surface area contributed by atoms with Gasteiger partial charge in [-0.25, -0.2) is 0 Å². The maximum Gasteiger partial charge on any atom is 0.173 e. The number of nitrogens with one attached hydrogen (secondary N) is 4. The van der Waals surface area contributed by atoms with Gasteiger partial charge in [-0.05, 0) is 167 Å². The minimum atomic E-state index is -1.83. The van der Waals surface area contributed by atoms with Gasteiger partial charge < -0.3 is 46.1 Å². The quantitative estimate of drug-likeness (QED) is 0.0639. The molecular weight excluding hydrogens is 973 g/mol. The van der Waals surface area contributed by atoms with Crippen LogP contribution in [0.15, 0.2) is 115 Å². The molecule has 11 nitrogen and oxygen atoms in total. The molecule has 2 fully saturated rings. The normalized spacial score (nSPS) is 30.6. The average Bonchev–Trinajstić information content (AvgIpc) is 3.96. The van der Waals surface area contributed by atoms with Crippen LogP contribution in [0.3, 0.4) is 0 Å². The molecule has 0 amide bonds. The van der Waals surface area contributed by atoms with Crippen molar-refractivity contribution in [1.29, 1.82) is 0 Å². The van der Waals surface area contributed by atoms with Crippen molar-refractivity contribution in [2.75, 3.05) is 32.1 Å². The van der Waals surface area contributed by atoms with Crippen molar-refractivity contribution in [1.82, 2.24) is 15.6 Å². The number of fused-ring (bicyclic) bond motifs is 7. The number of aromatic hydroxyl groups is 1. The van der Waals surface area contributed by atoms with Gasteiger partial charge in [0.2, 0.25) is 0 Å². The summed E-state index contributed by atoms with van der Waals surface area (Å²) >= 11 is 0. The van der Waals surface area contributed by atoms with Crippen molar-refractivity contribution in [3.8, 4) is 23.3 Å². The van der Waals surface area contributed by atoms with Crippen LogP contribution in [0.2, 0.25) is 0 Å². The highest BCUT2D eigenvalue weighted by atomic mass is 16.5. The van der Waals surface area contributed by atoms with Gasteiger partial charge in [0.1, 0.15) is 5.82 Å². The number of Topliss-reactive ketones (excluding diaryl/α,β-unsaturated/α-hetero) is 2. The van der Waals surface area contributed by atoms with Crippen molar-refractivity contribution < 1.29 is 34.8 Å². The van der Waals surface area contributed by atoms with Crippen molar-refractivity contribution in [3.05, 3.63) is 154 Å². The molecular formula is C67H78N4O7. The van der Waals surface area contributed by atoms with Gasteiger partial charge in [0.05, 0.1) is 25.2 Å². The largest absolute Gasteiger partial charge is 0.504 e. The molecule has 1 aromatic heterocycles. The number of aromatic nitrogens is 1. The number of carbonyl (C=O) groups is 2. The van der Waals surface area contributed by atoms with Gasteiger partial charge in [-0.3, -0.25) is 9.59 Å². The summed E-state index contributed by atoms with van der Waals surface area (Å²) in [6, 6.07) is 26.2. The van der Waals surface area contributed by atoms with E-state index in [4.69, 9.17) is 4.74 Å². The third-order valence-electron chi connectivity index (χ3n) is 18.8. The Balaban J connectivity index is 1.05. The summed E-state index contributed by atoms with van der Waals surface area (Å²) in [6.45, 7) is 6.17. The molecule has 6 aliphatic rings. The Bertz CT molecular complexity index is 3180. The highest BCUT2D eigenvalue weighted by molar-refractivity contribution is 6.06. The number of β-amino-alcohol motifs (C(OH)–C–C–N with tert-alkyl or cyclic N) is 1. The highest BCUT2D eigenvalue weighted by Crippen LogP contribution is 2.56. The lowest BCUT2D eigenvalue weighted by Crippen LogP contribution is -2.53. The summed E-state index contributed by atoms with van der Waals surface area (Å²) in [5.74, 6) is 5.62. The van der Waals surface area contributed by atoms with Crippen LogP contribution in [-0.2, 0) is 27.8 Å². The first kappa shape index (κ1) is 53.6. The number of phenols is 1. The number of ketones is 2. The van der Waals surface area contributed by atoms with Crippen molar-refractivity contribution in [3.63, 3.8) is 0 Å². The van der Waals surface area contributed by atoms with E-state index in [0.29, 0.717) is 45.3 Å². The second-order valence-electron chi connectivity index (χ2n) is 23.7. The van der Waals surface area contributed by atoms with Crippen LogP contribution >= 0.6 is 0 Å². The number of aliphatic hydroxyl groups is 3. The lowest BCUT2D eigenvalue weighted by Gasteiger charge is -2.51. The zero-order chi connectivity index (χ0) is 54.1. The summed E-state index contributed by atoms with van der Waals surface area (Å²) in [5, 5.41) is 61.5. The molecule has 11 heteroatoms. The Morgan fingerprint density at radius 1 is 0.872 bits per heavy atom. The van der Waals surface area contributed by atoms with Crippen molar-refractivity contribution in [2.24, 2.45) is 35.5 Å². The lowest BCUT2D eigenvalue weighted by molar-refractivity contribution is -0.142. The van der Waals surface area contributed by atoms with Crippen molar-refractivity contribution >= 4 is 34.1 Å². The Kier molecular flexibility index (Phi) is 15.9. The van der Waals surface area contributed by atoms with E-state index >= 15 is 4.79 Å². The predicted molar refractivity (Wildman–Crippen MR) is 308 cm³/mol. The number of ether oxygens (including phenoxy) is 1. The molecule has 12 atom stereocenters. The van der Waals surface area contributed by atoms with Gasteiger partial charge >= 0.3 is 0 Å². The monoisotopic (exact) mass is 1050 g/mol. The maximum absolute atomic E-state index is 15.3. The zero-order valence-corrected chi connectivity index (χ0v) is 45.6. The van der Waals surface area contributed by atoms with E-state index in [2.05, 4.69) is 114 Å². The minimum Gasteiger partial charge on any atom is -0.504 e. The molecule has 3 heterocycles. The summed E-state index contributed by atoms with van der Waals surface area (Å²) < 4.78 is 5.56. The van der Waals surface area contributed by atoms with Crippen LogP contribution in [0.25, 0.3) is 16.8 Å². The third-order valence-corrected chi connectivity index (χ3v) is 18.8. The molecule has 4 aliphatic carbocycles. The highest BCUT2D eigenvalue weighted by Gasteiger charge is 2.54. The van der Waals surface area contributed by atoms with E-state index in [9.17, 15) is 25.2 Å². The third kappa shape index (κ3) is 10.7. The predicted octanol–water partition coefficient (Wildman–Crippen LogP) is 10.5. The molecule has 0 saturated heterocycles. The number of benzene rings is 4. The molecule has 1 spiro atoms. The second kappa shape index (κ2) is 23.1. The number of phenolic OH excluding ortho intramolecular Hbond substituents is 1. The van der Waals surface area contributed by atoms with Gasteiger partial charge in [-0.1, -0.05) is 118 Å². The number of hydrogen-bond acceptors (Lipinski definition) is 10. The molecule has 5 aromatic rings. The van der Waals surface area contributed by atoms with E-state index in [0.717, 1.165) is 106 Å². The average molecular weight is 1050 g/mol. The summed E-state index contributed by atoms with van der Waals surface area (Å²) in [7, 11) is 1.49. The molecule has 0 radical (unpaired) electrons. The SMILES string of the molecule is CCCC1C2CC(CC3=CCNC(=C3)Nc3ccc4ccc(cc4c3)CC(O)CNCC(C)c3c[nH]c4c3C=CC3CCCCC43C1O)CC1C#CC(c3ccccc3)c3cc(O)c(OC)cc3CCC(=O)C(O)C(=O)C1C2. The smallest absolute Gasteiger partial charge is 0.173 e. The number of carbonyl (C=O) groups excluding carboxylic acids is 2. The zero-order valence-electron chi connectivity index (χ0n) is 45.6. The van der Waals surface area contributed by atoms with Gasteiger partial charge in [-0.2, -0.15) is 0 Å². The number of anilines is 1. The fourth-order valence-corrected chi connectivity index (χ4v) is 14.9. The fourth-order valence-electron chi connectivity index (χ4n) is 14.9. The molecule has 11 bridgehead atoms. The number of rotatable bonds is 4. The second-order valence-corrected chi connectivity index (χ2v) is 23.7. The van der Waals surface area contributed by atoms with E-state index in [1.165, 1.54) is 12.7 Å². The first-order chi connectivity index (χ1) is 37.9. The fraction of sp³-hybridized carbons (Fsp3) is 0.463. The summed E-state index contributed by atoms with van der Waals surface area (Å²) in [4.78, 5) is 33.5. The molecule has 12 unspecified atom stereocenters. The molecule has 11 rings (SSSR count). The summed E-state index contributed by atoms with van der Waals surface area (Å²) in [5.41, 5.74) is 8.47. The summed E-state index contributed by atoms with van der Waals surface area (Å²) in [6.07, 6.45) is 16.6. The van der Waals surface area contributed by atoms with Gasteiger partial charge in [0.25, 0.3) is 0 Å². The topological polar surface area (TPSA) is 176 Å². The van der Waals surface area contributed by atoms with Crippen LogP contribution in [0.5, 0.6) is 11.5 Å². The molecule has 2 saturated carbocycles. The van der Waals surface area contributed by atoms with E-state index < -0.39 is 53.0 Å². The van der Waals surface area contributed by atoms with Crippen LogP contribution in [0, 0.1) is 47.3 Å².